The first kappa shape index (κ1) is 16.8. The van der Waals surface area contributed by atoms with Gasteiger partial charge in [0.15, 0.2) is 0 Å². The van der Waals surface area contributed by atoms with Gasteiger partial charge in [0.1, 0.15) is 11.8 Å². The molecule has 1 aromatic rings. The van der Waals surface area contributed by atoms with Gasteiger partial charge in [-0.1, -0.05) is 12.1 Å². The molecule has 1 aliphatic heterocycles. The highest BCUT2D eigenvalue weighted by molar-refractivity contribution is 7.88. The molecular weight excluding hydrogens is 304 g/mol. The van der Waals surface area contributed by atoms with Crippen LogP contribution in [0.15, 0.2) is 24.3 Å². The van der Waals surface area contributed by atoms with Crippen LogP contribution in [-0.2, 0) is 21.4 Å². The molecule has 0 aliphatic carbocycles. The van der Waals surface area contributed by atoms with E-state index in [4.69, 9.17) is 4.74 Å². The van der Waals surface area contributed by atoms with Crippen LogP contribution in [0.5, 0.6) is 5.75 Å². The van der Waals surface area contributed by atoms with Gasteiger partial charge in [0, 0.05) is 20.1 Å². The molecule has 7 heteroatoms. The molecule has 0 saturated carbocycles. The highest BCUT2D eigenvalue weighted by Gasteiger charge is 2.37. The van der Waals surface area contributed by atoms with Crippen LogP contribution >= 0.6 is 0 Å². The summed E-state index contributed by atoms with van der Waals surface area (Å²) in [5.74, 6) is 0.572. The minimum Gasteiger partial charge on any atom is -0.497 e. The van der Waals surface area contributed by atoms with Crippen molar-refractivity contribution in [3.05, 3.63) is 29.8 Å². The Balaban J connectivity index is 2.08. The number of carbonyl (C=O) groups excluding carboxylic acids is 1. The minimum absolute atomic E-state index is 0.161. The molecule has 122 valence electrons. The highest BCUT2D eigenvalue weighted by Crippen LogP contribution is 2.23. The maximum Gasteiger partial charge on any atom is 0.241 e. The van der Waals surface area contributed by atoms with E-state index in [1.165, 1.54) is 4.31 Å². The molecule has 0 bridgehead atoms. The first-order valence-electron chi connectivity index (χ1n) is 7.17. The SMILES string of the molecule is COc1cccc(CN(C)C(=O)C2CCCN2S(C)(=O)=O)c1. The van der Waals surface area contributed by atoms with Crippen molar-refractivity contribution in [1.82, 2.24) is 9.21 Å². The maximum absolute atomic E-state index is 12.5. The molecule has 22 heavy (non-hydrogen) atoms. The maximum atomic E-state index is 12.5. The molecular formula is C15H22N2O4S. The van der Waals surface area contributed by atoms with E-state index >= 15 is 0 Å². The zero-order chi connectivity index (χ0) is 16.3. The molecule has 1 aliphatic rings. The van der Waals surface area contributed by atoms with Crippen molar-refractivity contribution in [3.63, 3.8) is 0 Å². The van der Waals surface area contributed by atoms with Crippen LogP contribution < -0.4 is 4.74 Å². The molecule has 2 rings (SSSR count). The summed E-state index contributed by atoms with van der Waals surface area (Å²) in [5.41, 5.74) is 0.944. The van der Waals surface area contributed by atoms with E-state index in [2.05, 4.69) is 0 Å². The Kier molecular flexibility index (Phi) is 5.08. The lowest BCUT2D eigenvalue weighted by atomic mass is 10.1. The molecule has 1 aromatic carbocycles. The molecule has 1 saturated heterocycles. The van der Waals surface area contributed by atoms with E-state index in [0.717, 1.165) is 24.0 Å². The molecule has 0 N–H and O–H groups in total. The third-order valence-corrected chi connectivity index (χ3v) is 5.13. The van der Waals surface area contributed by atoms with Crippen molar-refractivity contribution < 1.29 is 17.9 Å². The number of methoxy groups -OCH3 is 1. The predicted octanol–water partition coefficient (Wildman–Crippen LogP) is 1.08. The van der Waals surface area contributed by atoms with Gasteiger partial charge in [-0.05, 0) is 30.5 Å². The average molecular weight is 326 g/mol. The Hall–Kier alpha value is -1.60. The summed E-state index contributed by atoms with van der Waals surface area (Å²) in [5, 5.41) is 0. The van der Waals surface area contributed by atoms with Crippen molar-refractivity contribution in [1.29, 1.82) is 0 Å². The zero-order valence-electron chi connectivity index (χ0n) is 13.2. The van der Waals surface area contributed by atoms with Crippen molar-refractivity contribution in [3.8, 4) is 5.75 Å². The number of hydrogen-bond acceptors (Lipinski definition) is 4. The molecule has 0 radical (unpaired) electrons. The number of likely N-dealkylation sites (N-methyl/N-ethyl adjacent to an activating group) is 1. The van der Waals surface area contributed by atoms with E-state index in [1.807, 2.05) is 24.3 Å². The van der Waals surface area contributed by atoms with Crippen LogP contribution in [0.4, 0.5) is 0 Å². The number of carbonyl (C=O) groups is 1. The van der Waals surface area contributed by atoms with Crippen molar-refractivity contribution >= 4 is 15.9 Å². The van der Waals surface area contributed by atoms with Gasteiger partial charge in [-0.2, -0.15) is 4.31 Å². The third kappa shape index (κ3) is 3.78. The van der Waals surface area contributed by atoms with E-state index in [-0.39, 0.29) is 5.91 Å². The van der Waals surface area contributed by atoms with Gasteiger partial charge in [0.2, 0.25) is 15.9 Å². The van der Waals surface area contributed by atoms with Crippen LogP contribution in [0.2, 0.25) is 0 Å². The number of sulfonamides is 1. The van der Waals surface area contributed by atoms with E-state index in [1.54, 1.807) is 19.1 Å². The van der Waals surface area contributed by atoms with Crippen LogP contribution in [0.1, 0.15) is 18.4 Å². The lowest BCUT2D eigenvalue weighted by Crippen LogP contribution is -2.45. The van der Waals surface area contributed by atoms with Crippen molar-refractivity contribution in [2.24, 2.45) is 0 Å². The minimum atomic E-state index is -3.35. The molecule has 1 heterocycles. The molecule has 1 atom stereocenters. The smallest absolute Gasteiger partial charge is 0.241 e. The first-order chi connectivity index (χ1) is 10.3. The number of benzene rings is 1. The fourth-order valence-electron chi connectivity index (χ4n) is 2.76. The lowest BCUT2D eigenvalue weighted by molar-refractivity contribution is -0.133. The Morgan fingerprint density at radius 2 is 2.18 bits per heavy atom. The van der Waals surface area contributed by atoms with Crippen LogP contribution in [-0.4, -0.2) is 56.5 Å². The van der Waals surface area contributed by atoms with Crippen LogP contribution in [0.3, 0.4) is 0 Å². The highest BCUT2D eigenvalue weighted by atomic mass is 32.2. The number of ether oxygens (including phenoxy) is 1. The Morgan fingerprint density at radius 1 is 1.45 bits per heavy atom. The van der Waals surface area contributed by atoms with Gasteiger partial charge >= 0.3 is 0 Å². The molecule has 0 spiro atoms. The van der Waals surface area contributed by atoms with Gasteiger partial charge in [-0.25, -0.2) is 8.42 Å². The molecule has 1 fully saturated rings. The van der Waals surface area contributed by atoms with E-state index in [0.29, 0.717) is 19.5 Å². The zero-order valence-corrected chi connectivity index (χ0v) is 14.0. The summed E-state index contributed by atoms with van der Waals surface area (Å²) in [6.07, 6.45) is 2.45. The lowest BCUT2D eigenvalue weighted by Gasteiger charge is -2.26. The monoisotopic (exact) mass is 326 g/mol. The van der Waals surface area contributed by atoms with E-state index in [9.17, 15) is 13.2 Å². The van der Waals surface area contributed by atoms with E-state index < -0.39 is 16.1 Å². The molecule has 0 aromatic heterocycles. The number of amides is 1. The van der Waals surface area contributed by atoms with Crippen molar-refractivity contribution in [2.45, 2.75) is 25.4 Å². The summed E-state index contributed by atoms with van der Waals surface area (Å²) in [6.45, 7) is 0.840. The number of nitrogens with zero attached hydrogens (tertiary/aromatic N) is 2. The predicted molar refractivity (Wildman–Crippen MR) is 84.0 cm³/mol. The topological polar surface area (TPSA) is 66.9 Å². The standard InChI is InChI=1S/C15H22N2O4S/c1-16(11-12-6-4-7-13(10-12)21-2)15(18)14-8-5-9-17(14)22(3,19)20/h4,6-7,10,14H,5,8-9,11H2,1-3H3. The Labute approximate surface area is 131 Å². The second kappa shape index (κ2) is 6.66. The summed E-state index contributed by atoms with van der Waals surface area (Å²) in [4.78, 5) is 14.1. The number of rotatable bonds is 5. The van der Waals surface area contributed by atoms with Crippen LogP contribution in [0, 0.1) is 0 Å². The van der Waals surface area contributed by atoms with Gasteiger partial charge in [0.05, 0.1) is 13.4 Å². The summed E-state index contributed by atoms with van der Waals surface area (Å²) >= 11 is 0. The second-order valence-electron chi connectivity index (χ2n) is 5.58. The van der Waals surface area contributed by atoms with Gasteiger partial charge in [-0.15, -0.1) is 0 Å². The van der Waals surface area contributed by atoms with Crippen molar-refractivity contribution in [2.75, 3.05) is 27.0 Å². The number of hydrogen-bond donors (Lipinski definition) is 0. The molecule has 1 unspecified atom stereocenters. The molecule has 6 nitrogen and oxygen atoms in total. The fourth-order valence-corrected chi connectivity index (χ4v) is 3.88. The fraction of sp³-hybridized carbons (Fsp3) is 0.533. The Morgan fingerprint density at radius 3 is 2.82 bits per heavy atom. The summed E-state index contributed by atoms with van der Waals surface area (Å²) in [6, 6.07) is 6.91. The average Bonchev–Trinajstić information content (AvgIpc) is 2.96. The Bertz CT molecular complexity index is 645. The normalized spacial score (nSPS) is 19.1. The summed E-state index contributed by atoms with van der Waals surface area (Å²) < 4.78 is 30.0. The quantitative estimate of drug-likeness (QED) is 0.812. The first-order valence-corrected chi connectivity index (χ1v) is 9.02. The van der Waals surface area contributed by atoms with Crippen LogP contribution in [0.25, 0.3) is 0 Å². The van der Waals surface area contributed by atoms with Gasteiger partial charge < -0.3 is 9.64 Å². The third-order valence-electron chi connectivity index (χ3n) is 3.84. The largest absolute Gasteiger partial charge is 0.497 e. The molecule has 1 amide bonds. The summed E-state index contributed by atoms with van der Waals surface area (Å²) in [7, 11) is -0.0592. The van der Waals surface area contributed by atoms with Gasteiger partial charge in [0.25, 0.3) is 0 Å². The van der Waals surface area contributed by atoms with Gasteiger partial charge in [-0.3, -0.25) is 4.79 Å². The second-order valence-corrected chi connectivity index (χ2v) is 7.51.